The van der Waals surface area contributed by atoms with E-state index in [0.29, 0.717) is 6.42 Å². The highest BCUT2D eigenvalue weighted by molar-refractivity contribution is 8.68. The van der Waals surface area contributed by atoms with E-state index in [9.17, 15) is 4.79 Å². The standard InChI is InChI=1S/C10H12OS3/c11-10(6-9(12)7-14-13)8-4-2-1-3-5-8/h1-5,9,12-13H,6-7H2. The summed E-state index contributed by atoms with van der Waals surface area (Å²) in [6.45, 7) is 0. The van der Waals surface area contributed by atoms with Gasteiger partial charge in [0.1, 0.15) is 0 Å². The number of hydrogen-bond donors (Lipinski definition) is 2. The molecule has 1 rings (SSSR count). The van der Waals surface area contributed by atoms with Gasteiger partial charge in [-0.05, 0) is 0 Å². The highest BCUT2D eigenvalue weighted by atomic mass is 33.1. The Labute approximate surface area is 98.9 Å². The summed E-state index contributed by atoms with van der Waals surface area (Å²) in [6, 6.07) is 9.30. The van der Waals surface area contributed by atoms with E-state index in [2.05, 4.69) is 24.3 Å². The quantitative estimate of drug-likeness (QED) is 0.470. The Bertz CT molecular complexity index is 287. The van der Waals surface area contributed by atoms with E-state index in [0.717, 1.165) is 11.3 Å². The van der Waals surface area contributed by atoms with Crippen LogP contribution in [-0.4, -0.2) is 16.8 Å². The van der Waals surface area contributed by atoms with E-state index in [4.69, 9.17) is 0 Å². The van der Waals surface area contributed by atoms with Gasteiger partial charge in [-0.25, -0.2) is 0 Å². The summed E-state index contributed by atoms with van der Waals surface area (Å²) in [7, 11) is 1.41. The molecule has 0 fully saturated rings. The Morgan fingerprint density at radius 1 is 1.36 bits per heavy atom. The molecule has 14 heavy (non-hydrogen) atoms. The first-order valence-corrected chi connectivity index (χ1v) is 6.82. The van der Waals surface area contributed by atoms with E-state index in [1.807, 2.05) is 30.3 Å². The predicted octanol–water partition coefficient (Wildman–Crippen LogP) is 3.14. The number of carbonyl (C=O) groups excluding carboxylic acids is 1. The van der Waals surface area contributed by atoms with Crippen LogP contribution in [0.4, 0.5) is 0 Å². The summed E-state index contributed by atoms with van der Waals surface area (Å²) < 4.78 is 0. The Balaban J connectivity index is 2.51. The van der Waals surface area contributed by atoms with Crippen molar-refractivity contribution in [2.24, 2.45) is 0 Å². The number of thiol groups is 2. The van der Waals surface area contributed by atoms with Gasteiger partial charge in [0.25, 0.3) is 0 Å². The van der Waals surface area contributed by atoms with E-state index >= 15 is 0 Å². The maximum atomic E-state index is 11.6. The van der Waals surface area contributed by atoms with Crippen molar-refractivity contribution < 1.29 is 4.79 Å². The molecule has 0 bridgehead atoms. The van der Waals surface area contributed by atoms with Crippen molar-refractivity contribution in [3.8, 4) is 0 Å². The van der Waals surface area contributed by atoms with E-state index < -0.39 is 0 Å². The average Bonchev–Trinajstić information content (AvgIpc) is 2.19. The zero-order valence-corrected chi connectivity index (χ0v) is 10.2. The SMILES string of the molecule is O=C(CC(S)CSS)c1ccccc1. The van der Waals surface area contributed by atoms with Crippen LogP contribution in [0.25, 0.3) is 0 Å². The first kappa shape index (κ1) is 12.0. The summed E-state index contributed by atoms with van der Waals surface area (Å²) in [6.07, 6.45) is 0.473. The van der Waals surface area contributed by atoms with E-state index in [-0.39, 0.29) is 11.0 Å². The molecule has 0 heterocycles. The van der Waals surface area contributed by atoms with Gasteiger partial charge >= 0.3 is 0 Å². The molecule has 0 spiro atoms. The summed E-state index contributed by atoms with van der Waals surface area (Å²) in [5.41, 5.74) is 0.760. The molecular formula is C10H12OS3. The molecule has 76 valence electrons. The number of carbonyl (C=O) groups is 1. The maximum Gasteiger partial charge on any atom is 0.163 e. The number of hydrogen-bond acceptors (Lipinski definition) is 4. The molecule has 0 saturated carbocycles. The Morgan fingerprint density at radius 3 is 2.57 bits per heavy atom. The molecule has 0 aliphatic heterocycles. The number of benzene rings is 1. The van der Waals surface area contributed by atoms with Crippen molar-refractivity contribution in [2.45, 2.75) is 11.7 Å². The van der Waals surface area contributed by atoms with Crippen molar-refractivity contribution >= 4 is 40.9 Å². The highest BCUT2D eigenvalue weighted by Gasteiger charge is 2.10. The molecule has 0 aromatic heterocycles. The molecule has 0 aliphatic rings. The van der Waals surface area contributed by atoms with Crippen LogP contribution in [0.1, 0.15) is 16.8 Å². The highest BCUT2D eigenvalue weighted by Crippen LogP contribution is 2.16. The third kappa shape index (κ3) is 3.98. The molecule has 0 aliphatic carbocycles. The van der Waals surface area contributed by atoms with Crippen LogP contribution in [0.2, 0.25) is 0 Å². The van der Waals surface area contributed by atoms with Gasteiger partial charge < -0.3 is 0 Å². The molecule has 1 unspecified atom stereocenters. The Hall–Kier alpha value is -0.0600. The van der Waals surface area contributed by atoms with E-state index in [1.165, 1.54) is 10.8 Å². The second-order valence-corrected chi connectivity index (χ2v) is 5.04. The molecule has 0 saturated heterocycles. The minimum Gasteiger partial charge on any atom is -0.294 e. The Kier molecular flexibility index (Phi) is 5.52. The lowest BCUT2D eigenvalue weighted by Gasteiger charge is -2.06. The lowest BCUT2D eigenvalue weighted by Crippen LogP contribution is -2.10. The van der Waals surface area contributed by atoms with Crippen LogP contribution in [-0.2, 0) is 0 Å². The smallest absolute Gasteiger partial charge is 0.163 e. The maximum absolute atomic E-state index is 11.6. The zero-order valence-electron chi connectivity index (χ0n) is 7.59. The second kappa shape index (κ2) is 6.43. The predicted molar refractivity (Wildman–Crippen MR) is 69.6 cm³/mol. The van der Waals surface area contributed by atoms with Crippen LogP contribution in [0, 0.1) is 0 Å². The summed E-state index contributed by atoms with van der Waals surface area (Å²) in [5, 5.41) is 0.0882. The summed E-state index contributed by atoms with van der Waals surface area (Å²) >= 11 is 8.34. The van der Waals surface area contributed by atoms with Crippen LogP contribution in [0.15, 0.2) is 30.3 Å². The van der Waals surface area contributed by atoms with Gasteiger partial charge in [0.15, 0.2) is 5.78 Å². The first-order chi connectivity index (χ1) is 6.74. The molecule has 0 amide bonds. The number of rotatable bonds is 5. The van der Waals surface area contributed by atoms with Crippen LogP contribution < -0.4 is 0 Å². The Morgan fingerprint density at radius 2 is 2.00 bits per heavy atom. The first-order valence-electron chi connectivity index (χ1n) is 4.26. The van der Waals surface area contributed by atoms with Gasteiger partial charge in [0.05, 0.1) is 0 Å². The van der Waals surface area contributed by atoms with Crippen molar-refractivity contribution in [3.63, 3.8) is 0 Å². The van der Waals surface area contributed by atoms with Crippen LogP contribution >= 0.6 is 35.1 Å². The minimum absolute atomic E-state index is 0.0882. The van der Waals surface area contributed by atoms with Gasteiger partial charge in [0, 0.05) is 23.0 Å². The lowest BCUT2D eigenvalue weighted by molar-refractivity contribution is 0.0984. The summed E-state index contributed by atoms with van der Waals surface area (Å²) in [4.78, 5) is 11.6. The molecule has 0 N–H and O–H groups in total. The topological polar surface area (TPSA) is 17.1 Å². The minimum atomic E-state index is 0.0882. The second-order valence-electron chi connectivity index (χ2n) is 2.94. The normalized spacial score (nSPS) is 12.4. The fourth-order valence-electron chi connectivity index (χ4n) is 1.10. The van der Waals surface area contributed by atoms with Gasteiger partial charge in [-0.1, -0.05) is 41.1 Å². The number of Topliss-reactive ketones (excluding diaryl/α,β-unsaturated/α-hetero) is 1. The fourth-order valence-corrected chi connectivity index (χ4v) is 2.67. The molecule has 1 atom stereocenters. The van der Waals surface area contributed by atoms with Crippen LogP contribution in [0.3, 0.4) is 0 Å². The van der Waals surface area contributed by atoms with Crippen molar-refractivity contribution in [2.75, 3.05) is 5.75 Å². The summed E-state index contributed by atoms with van der Waals surface area (Å²) in [5.74, 6) is 0.929. The fraction of sp³-hybridized carbons (Fsp3) is 0.300. The van der Waals surface area contributed by atoms with Gasteiger partial charge in [-0.2, -0.15) is 12.6 Å². The van der Waals surface area contributed by atoms with Gasteiger partial charge in [-0.15, -0.1) is 11.7 Å². The third-order valence-electron chi connectivity index (χ3n) is 1.78. The van der Waals surface area contributed by atoms with Crippen molar-refractivity contribution in [1.82, 2.24) is 0 Å². The molecular weight excluding hydrogens is 232 g/mol. The van der Waals surface area contributed by atoms with Gasteiger partial charge in [0.2, 0.25) is 0 Å². The molecule has 0 radical (unpaired) electrons. The largest absolute Gasteiger partial charge is 0.294 e. The molecule has 4 heteroatoms. The van der Waals surface area contributed by atoms with Crippen molar-refractivity contribution in [3.05, 3.63) is 35.9 Å². The monoisotopic (exact) mass is 244 g/mol. The molecule has 1 aromatic carbocycles. The zero-order chi connectivity index (χ0) is 10.4. The van der Waals surface area contributed by atoms with Gasteiger partial charge in [-0.3, -0.25) is 4.79 Å². The molecule has 1 aromatic rings. The van der Waals surface area contributed by atoms with E-state index in [1.54, 1.807) is 0 Å². The lowest BCUT2D eigenvalue weighted by atomic mass is 10.1. The van der Waals surface area contributed by atoms with Crippen LogP contribution in [0.5, 0.6) is 0 Å². The third-order valence-corrected chi connectivity index (χ3v) is 3.39. The van der Waals surface area contributed by atoms with Crippen molar-refractivity contribution in [1.29, 1.82) is 0 Å². The average molecular weight is 244 g/mol. The number of ketones is 1. The molecule has 1 nitrogen and oxygen atoms in total.